The Morgan fingerprint density at radius 2 is 2.11 bits per heavy atom. The van der Waals surface area contributed by atoms with Gasteiger partial charge in [-0.1, -0.05) is 12.1 Å². The molecule has 0 aliphatic heterocycles. The van der Waals surface area contributed by atoms with Crippen molar-refractivity contribution >= 4 is 23.1 Å². The summed E-state index contributed by atoms with van der Waals surface area (Å²) in [6, 6.07) is 7.68. The minimum atomic E-state index is 0.132. The lowest BCUT2D eigenvalue weighted by atomic mass is 10.1. The molecule has 1 heterocycles. The molecule has 1 amide bonds. The summed E-state index contributed by atoms with van der Waals surface area (Å²) >= 11 is 0. The van der Waals surface area contributed by atoms with E-state index in [0.717, 1.165) is 30.2 Å². The highest BCUT2D eigenvalue weighted by Crippen LogP contribution is 2.19. The predicted octanol–water partition coefficient (Wildman–Crippen LogP) is 2.32. The van der Waals surface area contributed by atoms with Gasteiger partial charge in [0.25, 0.3) is 0 Å². The number of aryl methyl sites for hydroxylation is 1. The van der Waals surface area contributed by atoms with Crippen LogP contribution in [0.3, 0.4) is 0 Å². The van der Waals surface area contributed by atoms with Gasteiger partial charge in [-0.25, -0.2) is 0 Å². The number of hydrogen-bond acceptors (Lipinski definition) is 2. The Balaban J connectivity index is 2.13. The van der Waals surface area contributed by atoms with Crippen molar-refractivity contribution in [3.05, 3.63) is 36.0 Å². The van der Waals surface area contributed by atoms with Crippen molar-refractivity contribution in [2.45, 2.75) is 19.4 Å². The fourth-order valence-corrected chi connectivity index (χ4v) is 2.20. The molecule has 19 heavy (non-hydrogen) atoms. The molecule has 4 nitrogen and oxygen atoms in total. The zero-order valence-electron chi connectivity index (χ0n) is 11.3. The molecule has 0 N–H and O–H groups in total. The predicted molar refractivity (Wildman–Crippen MR) is 75.3 cm³/mol. The average Bonchev–Trinajstić information content (AvgIpc) is 2.82. The van der Waals surface area contributed by atoms with Crippen molar-refractivity contribution in [1.29, 1.82) is 0 Å². The summed E-state index contributed by atoms with van der Waals surface area (Å²) < 4.78 is 2.04. The van der Waals surface area contributed by atoms with Crippen LogP contribution in [-0.2, 0) is 11.3 Å². The fraction of sp³-hybridized carbons (Fsp3) is 0.333. The molecule has 0 bridgehead atoms. The molecule has 0 unspecified atom stereocenters. The van der Waals surface area contributed by atoms with E-state index in [-0.39, 0.29) is 5.91 Å². The third kappa shape index (κ3) is 2.84. The number of aromatic nitrogens is 1. The quantitative estimate of drug-likeness (QED) is 0.772. The minimum Gasteiger partial charge on any atom is -0.349 e. The Labute approximate surface area is 112 Å². The van der Waals surface area contributed by atoms with Crippen LogP contribution in [-0.4, -0.2) is 35.8 Å². The molecule has 1 aromatic heterocycles. The van der Waals surface area contributed by atoms with Crippen LogP contribution in [0.5, 0.6) is 0 Å². The third-order valence-electron chi connectivity index (χ3n) is 3.24. The lowest BCUT2D eigenvalue weighted by Gasteiger charge is -2.11. The Morgan fingerprint density at radius 3 is 2.79 bits per heavy atom. The number of carbonyl (C=O) groups is 2. The molecule has 0 spiro atoms. The normalized spacial score (nSPS) is 10.6. The van der Waals surface area contributed by atoms with Crippen LogP contribution >= 0.6 is 0 Å². The molecule has 0 radical (unpaired) electrons. The van der Waals surface area contributed by atoms with Gasteiger partial charge in [0, 0.05) is 44.2 Å². The van der Waals surface area contributed by atoms with E-state index in [1.54, 1.807) is 19.0 Å². The number of benzene rings is 1. The maximum Gasteiger partial charge on any atom is 0.222 e. The van der Waals surface area contributed by atoms with Crippen molar-refractivity contribution in [1.82, 2.24) is 9.47 Å². The Morgan fingerprint density at radius 1 is 1.32 bits per heavy atom. The zero-order chi connectivity index (χ0) is 13.8. The van der Waals surface area contributed by atoms with Crippen LogP contribution in [0, 0.1) is 0 Å². The molecule has 2 aromatic rings. The number of rotatable bonds is 5. The first-order valence-electron chi connectivity index (χ1n) is 6.36. The Kier molecular flexibility index (Phi) is 4.00. The van der Waals surface area contributed by atoms with E-state index in [0.29, 0.717) is 12.0 Å². The second-order valence-electron chi connectivity index (χ2n) is 4.80. The Bertz CT molecular complexity index is 599. The summed E-state index contributed by atoms with van der Waals surface area (Å²) in [7, 11) is 3.52. The molecule has 100 valence electrons. The summed E-state index contributed by atoms with van der Waals surface area (Å²) in [5.41, 5.74) is 1.65. The summed E-state index contributed by atoms with van der Waals surface area (Å²) in [5, 5.41) is 1.06. The van der Waals surface area contributed by atoms with Gasteiger partial charge in [-0.15, -0.1) is 0 Å². The monoisotopic (exact) mass is 258 g/mol. The average molecular weight is 258 g/mol. The van der Waals surface area contributed by atoms with Gasteiger partial charge in [0.05, 0.1) is 5.52 Å². The van der Waals surface area contributed by atoms with Crippen LogP contribution < -0.4 is 0 Å². The van der Waals surface area contributed by atoms with Gasteiger partial charge in [-0.3, -0.25) is 9.59 Å². The van der Waals surface area contributed by atoms with Crippen molar-refractivity contribution < 1.29 is 9.59 Å². The molecule has 0 saturated heterocycles. The molecule has 0 aliphatic rings. The van der Waals surface area contributed by atoms with E-state index in [1.807, 2.05) is 35.0 Å². The number of amides is 1. The lowest BCUT2D eigenvalue weighted by molar-refractivity contribution is -0.128. The van der Waals surface area contributed by atoms with Gasteiger partial charge >= 0.3 is 0 Å². The standard InChI is InChI=1S/C15H18N2O2/c1-16(2)14(19)7-4-9-17-10-8-12-5-3-6-13(11-18)15(12)17/h3,5-6,8,10-11H,4,7,9H2,1-2H3. The number of aldehydes is 1. The van der Waals surface area contributed by atoms with Gasteiger partial charge in [0.15, 0.2) is 6.29 Å². The van der Waals surface area contributed by atoms with Gasteiger partial charge < -0.3 is 9.47 Å². The first-order valence-corrected chi connectivity index (χ1v) is 6.36. The van der Waals surface area contributed by atoms with Crippen LogP contribution in [0.4, 0.5) is 0 Å². The van der Waals surface area contributed by atoms with Crippen molar-refractivity contribution in [3.63, 3.8) is 0 Å². The molecule has 0 fully saturated rings. The maximum absolute atomic E-state index is 11.5. The minimum absolute atomic E-state index is 0.132. The highest BCUT2D eigenvalue weighted by molar-refractivity contribution is 5.96. The van der Waals surface area contributed by atoms with E-state index < -0.39 is 0 Å². The third-order valence-corrected chi connectivity index (χ3v) is 3.24. The van der Waals surface area contributed by atoms with Gasteiger partial charge in [-0.2, -0.15) is 0 Å². The second-order valence-corrected chi connectivity index (χ2v) is 4.80. The second kappa shape index (κ2) is 5.69. The molecular weight excluding hydrogens is 240 g/mol. The zero-order valence-corrected chi connectivity index (χ0v) is 11.3. The number of nitrogens with zero attached hydrogens (tertiary/aromatic N) is 2. The molecule has 4 heteroatoms. The van der Waals surface area contributed by atoms with E-state index in [9.17, 15) is 9.59 Å². The number of carbonyl (C=O) groups excluding carboxylic acids is 2. The molecule has 2 rings (SSSR count). The van der Waals surface area contributed by atoms with E-state index in [4.69, 9.17) is 0 Å². The topological polar surface area (TPSA) is 42.3 Å². The highest BCUT2D eigenvalue weighted by Gasteiger charge is 2.07. The van der Waals surface area contributed by atoms with E-state index in [1.165, 1.54) is 0 Å². The maximum atomic E-state index is 11.5. The van der Waals surface area contributed by atoms with Crippen LogP contribution in [0.1, 0.15) is 23.2 Å². The largest absolute Gasteiger partial charge is 0.349 e. The first-order chi connectivity index (χ1) is 9.13. The fourth-order valence-electron chi connectivity index (χ4n) is 2.20. The van der Waals surface area contributed by atoms with Gasteiger partial charge in [-0.05, 0) is 18.6 Å². The first kappa shape index (κ1) is 13.3. The molecule has 1 aromatic carbocycles. The SMILES string of the molecule is CN(C)C(=O)CCCn1ccc2cccc(C=O)c21. The van der Waals surface area contributed by atoms with E-state index in [2.05, 4.69) is 0 Å². The Hall–Kier alpha value is -2.10. The summed E-state index contributed by atoms with van der Waals surface area (Å²) in [5.74, 6) is 0.132. The van der Waals surface area contributed by atoms with Crippen LogP contribution in [0.25, 0.3) is 10.9 Å². The smallest absolute Gasteiger partial charge is 0.222 e. The number of para-hydroxylation sites is 1. The van der Waals surface area contributed by atoms with Crippen LogP contribution in [0.2, 0.25) is 0 Å². The molecule has 0 saturated carbocycles. The summed E-state index contributed by atoms with van der Waals surface area (Å²) in [6.45, 7) is 0.744. The van der Waals surface area contributed by atoms with Crippen molar-refractivity contribution in [3.8, 4) is 0 Å². The lowest BCUT2D eigenvalue weighted by Crippen LogP contribution is -2.21. The van der Waals surface area contributed by atoms with Gasteiger partial charge in [0.2, 0.25) is 5.91 Å². The molecule has 0 aliphatic carbocycles. The summed E-state index contributed by atoms with van der Waals surface area (Å²) in [6.07, 6.45) is 4.14. The highest BCUT2D eigenvalue weighted by atomic mass is 16.2. The van der Waals surface area contributed by atoms with Crippen LogP contribution in [0.15, 0.2) is 30.5 Å². The van der Waals surface area contributed by atoms with E-state index >= 15 is 0 Å². The number of hydrogen-bond donors (Lipinski definition) is 0. The van der Waals surface area contributed by atoms with Crippen molar-refractivity contribution in [2.75, 3.05) is 14.1 Å². The van der Waals surface area contributed by atoms with Crippen molar-refractivity contribution in [2.24, 2.45) is 0 Å². The molecule has 0 atom stereocenters. The molecular formula is C15H18N2O2. The number of fused-ring (bicyclic) bond motifs is 1. The summed E-state index contributed by atoms with van der Waals surface area (Å²) in [4.78, 5) is 24.2. The van der Waals surface area contributed by atoms with Gasteiger partial charge in [0.1, 0.15) is 0 Å².